The third-order valence-electron chi connectivity index (χ3n) is 3.22. The molecule has 106 valence electrons. The van der Waals surface area contributed by atoms with Crippen LogP contribution in [0.5, 0.6) is 11.5 Å². The van der Waals surface area contributed by atoms with Crippen LogP contribution in [0.2, 0.25) is 0 Å². The predicted octanol–water partition coefficient (Wildman–Crippen LogP) is 4.60. The topological polar surface area (TPSA) is 21.3 Å². The first kappa shape index (κ1) is 14.5. The summed E-state index contributed by atoms with van der Waals surface area (Å²) in [6.07, 6.45) is 0. The van der Waals surface area contributed by atoms with Gasteiger partial charge in [0.1, 0.15) is 5.75 Å². The van der Waals surface area contributed by atoms with E-state index in [9.17, 15) is 4.39 Å². The Bertz CT molecular complexity index is 566. The standard InChI is InChI=1S/C17H20FNO/c1-4-19-13(3)15-6-5-7-16(18)17(15)20-14-10-8-12(2)9-11-14/h5-11,13,19H,4H2,1-3H3. The van der Waals surface area contributed by atoms with E-state index in [-0.39, 0.29) is 11.9 Å². The van der Waals surface area contributed by atoms with Crippen LogP contribution in [0.4, 0.5) is 4.39 Å². The molecule has 0 spiro atoms. The lowest BCUT2D eigenvalue weighted by Crippen LogP contribution is -2.18. The van der Waals surface area contributed by atoms with Crippen molar-refractivity contribution in [2.24, 2.45) is 0 Å². The monoisotopic (exact) mass is 273 g/mol. The van der Waals surface area contributed by atoms with Crippen molar-refractivity contribution in [2.45, 2.75) is 26.8 Å². The Morgan fingerprint density at radius 1 is 1.15 bits per heavy atom. The lowest BCUT2D eigenvalue weighted by molar-refractivity contribution is 0.426. The van der Waals surface area contributed by atoms with Crippen LogP contribution in [0.25, 0.3) is 0 Å². The third-order valence-corrected chi connectivity index (χ3v) is 3.22. The summed E-state index contributed by atoms with van der Waals surface area (Å²) >= 11 is 0. The molecule has 2 nitrogen and oxygen atoms in total. The molecule has 2 rings (SSSR count). The maximum absolute atomic E-state index is 14.1. The lowest BCUT2D eigenvalue weighted by Gasteiger charge is -2.18. The summed E-state index contributed by atoms with van der Waals surface area (Å²) in [4.78, 5) is 0. The average molecular weight is 273 g/mol. The maximum Gasteiger partial charge on any atom is 0.167 e. The number of halogens is 1. The molecule has 0 aliphatic rings. The molecule has 0 fully saturated rings. The smallest absolute Gasteiger partial charge is 0.167 e. The zero-order valence-corrected chi connectivity index (χ0v) is 12.1. The molecule has 0 heterocycles. The highest BCUT2D eigenvalue weighted by Crippen LogP contribution is 2.32. The quantitative estimate of drug-likeness (QED) is 0.859. The fourth-order valence-electron chi connectivity index (χ4n) is 2.11. The van der Waals surface area contributed by atoms with Gasteiger partial charge in [0.2, 0.25) is 0 Å². The molecule has 0 bridgehead atoms. The van der Waals surface area contributed by atoms with E-state index in [4.69, 9.17) is 4.74 Å². The number of rotatable bonds is 5. The van der Waals surface area contributed by atoms with Crippen molar-refractivity contribution >= 4 is 0 Å². The molecule has 0 aromatic heterocycles. The minimum absolute atomic E-state index is 0.0381. The van der Waals surface area contributed by atoms with E-state index in [1.165, 1.54) is 6.07 Å². The average Bonchev–Trinajstić information content (AvgIpc) is 2.43. The van der Waals surface area contributed by atoms with Crippen molar-refractivity contribution < 1.29 is 9.13 Å². The van der Waals surface area contributed by atoms with E-state index in [1.807, 2.05) is 51.1 Å². The second-order valence-corrected chi connectivity index (χ2v) is 4.85. The van der Waals surface area contributed by atoms with Crippen LogP contribution < -0.4 is 10.1 Å². The minimum atomic E-state index is -0.340. The van der Waals surface area contributed by atoms with Gasteiger partial charge in [-0.25, -0.2) is 4.39 Å². The Labute approximate surface area is 119 Å². The van der Waals surface area contributed by atoms with E-state index in [1.54, 1.807) is 6.07 Å². The van der Waals surface area contributed by atoms with Gasteiger partial charge in [0.05, 0.1) is 0 Å². The van der Waals surface area contributed by atoms with Gasteiger partial charge in [-0.15, -0.1) is 0 Å². The number of nitrogens with one attached hydrogen (secondary N) is 1. The maximum atomic E-state index is 14.1. The summed E-state index contributed by atoms with van der Waals surface area (Å²) in [5.74, 6) is 0.600. The molecule has 1 unspecified atom stereocenters. The van der Waals surface area contributed by atoms with Crippen molar-refractivity contribution in [3.05, 3.63) is 59.4 Å². The number of aryl methyl sites for hydroxylation is 1. The summed E-state index contributed by atoms with van der Waals surface area (Å²) in [5, 5.41) is 3.28. The highest BCUT2D eigenvalue weighted by Gasteiger charge is 2.15. The van der Waals surface area contributed by atoms with Gasteiger partial charge in [-0.05, 0) is 38.6 Å². The summed E-state index contributed by atoms with van der Waals surface area (Å²) in [6, 6.07) is 12.7. The molecular weight excluding hydrogens is 253 g/mol. The molecule has 1 N–H and O–H groups in total. The molecule has 1 atom stereocenters. The van der Waals surface area contributed by atoms with Crippen molar-refractivity contribution in [1.29, 1.82) is 0 Å². The molecule has 0 radical (unpaired) electrons. The molecule has 2 aromatic rings. The Hall–Kier alpha value is -1.87. The molecule has 2 aromatic carbocycles. The second-order valence-electron chi connectivity index (χ2n) is 4.85. The summed E-state index contributed by atoms with van der Waals surface area (Å²) in [7, 11) is 0. The van der Waals surface area contributed by atoms with Gasteiger partial charge in [0.15, 0.2) is 11.6 Å². The summed E-state index contributed by atoms with van der Waals surface area (Å²) < 4.78 is 19.8. The van der Waals surface area contributed by atoms with Crippen LogP contribution in [0, 0.1) is 12.7 Å². The van der Waals surface area contributed by atoms with E-state index in [0.29, 0.717) is 11.5 Å². The van der Waals surface area contributed by atoms with Crippen LogP contribution in [-0.2, 0) is 0 Å². The van der Waals surface area contributed by atoms with E-state index in [0.717, 1.165) is 17.7 Å². The predicted molar refractivity (Wildman–Crippen MR) is 79.7 cm³/mol. The Morgan fingerprint density at radius 2 is 1.85 bits per heavy atom. The van der Waals surface area contributed by atoms with Crippen LogP contribution in [-0.4, -0.2) is 6.54 Å². The highest BCUT2D eigenvalue weighted by atomic mass is 19.1. The molecule has 0 saturated heterocycles. The fraction of sp³-hybridized carbons (Fsp3) is 0.294. The number of para-hydroxylation sites is 1. The van der Waals surface area contributed by atoms with Crippen molar-refractivity contribution in [2.75, 3.05) is 6.54 Å². The van der Waals surface area contributed by atoms with Crippen molar-refractivity contribution in [1.82, 2.24) is 5.32 Å². The van der Waals surface area contributed by atoms with Crippen LogP contribution in [0.1, 0.15) is 31.0 Å². The summed E-state index contributed by atoms with van der Waals surface area (Å²) in [6.45, 7) is 6.85. The first-order valence-electron chi connectivity index (χ1n) is 6.88. The zero-order valence-electron chi connectivity index (χ0n) is 12.1. The second kappa shape index (κ2) is 6.53. The van der Waals surface area contributed by atoms with Crippen LogP contribution >= 0.6 is 0 Å². The molecule has 0 saturated carbocycles. The van der Waals surface area contributed by atoms with Crippen molar-refractivity contribution in [3.63, 3.8) is 0 Å². The molecule has 0 aliphatic heterocycles. The largest absolute Gasteiger partial charge is 0.454 e. The van der Waals surface area contributed by atoms with Crippen LogP contribution in [0.3, 0.4) is 0 Å². The molecule has 0 aliphatic carbocycles. The van der Waals surface area contributed by atoms with E-state index >= 15 is 0 Å². The van der Waals surface area contributed by atoms with Gasteiger partial charge in [-0.1, -0.05) is 36.8 Å². The number of hydrogen-bond donors (Lipinski definition) is 1. The van der Waals surface area contributed by atoms with Crippen molar-refractivity contribution in [3.8, 4) is 11.5 Å². The number of ether oxygens (including phenoxy) is 1. The number of benzene rings is 2. The minimum Gasteiger partial charge on any atom is -0.454 e. The van der Waals surface area contributed by atoms with Gasteiger partial charge in [-0.3, -0.25) is 0 Å². The van der Waals surface area contributed by atoms with Crippen LogP contribution in [0.15, 0.2) is 42.5 Å². The summed E-state index contributed by atoms with van der Waals surface area (Å²) in [5.41, 5.74) is 1.97. The fourth-order valence-corrected chi connectivity index (χ4v) is 2.11. The normalized spacial score (nSPS) is 12.2. The highest BCUT2D eigenvalue weighted by molar-refractivity contribution is 5.41. The van der Waals surface area contributed by atoms with E-state index < -0.39 is 0 Å². The molecular formula is C17H20FNO. The molecule has 20 heavy (non-hydrogen) atoms. The van der Waals surface area contributed by atoms with E-state index in [2.05, 4.69) is 5.32 Å². The lowest BCUT2D eigenvalue weighted by atomic mass is 10.1. The van der Waals surface area contributed by atoms with Gasteiger partial charge in [0.25, 0.3) is 0 Å². The first-order chi connectivity index (χ1) is 9.61. The Morgan fingerprint density at radius 3 is 2.50 bits per heavy atom. The van der Waals surface area contributed by atoms with Gasteiger partial charge in [0, 0.05) is 11.6 Å². The zero-order chi connectivity index (χ0) is 14.5. The first-order valence-corrected chi connectivity index (χ1v) is 6.88. The van der Waals surface area contributed by atoms with Gasteiger partial charge in [-0.2, -0.15) is 0 Å². The Kier molecular flexibility index (Phi) is 4.74. The SMILES string of the molecule is CCNC(C)c1cccc(F)c1Oc1ccc(C)cc1. The Balaban J connectivity index is 2.32. The van der Waals surface area contributed by atoms with Gasteiger partial charge >= 0.3 is 0 Å². The van der Waals surface area contributed by atoms with Gasteiger partial charge < -0.3 is 10.1 Å². The third kappa shape index (κ3) is 3.36. The number of hydrogen-bond acceptors (Lipinski definition) is 2. The molecule has 3 heteroatoms. The molecule has 0 amide bonds.